The molecule has 7 atom stereocenters. The zero-order valence-corrected chi connectivity index (χ0v) is 23.0. The van der Waals surface area contributed by atoms with Gasteiger partial charge in [0.25, 0.3) is 0 Å². The average molecular weight is 559 g/mol. The Labute approximate surface area is 231 Å². The van der Waals surface area contributed by atoms with Crippen molar-refractivity contribution in [1.82, 2.24) is 9.80 Å². The van der Waals surface area contributed by atoms with Crippen molar-refractivity contribution in [2.45, 2.75) is 43.6 Å². The summed E-state index contributed by atoms with van der Waals surface area (Å²) in [5.41, 5.74) is 4.47. The Morgan fingerprint density at radius 2 is 1.85 bits per heavy atom. The van der Waals surface area contributed by atoms with Crippen LogP contribution in [0, 0.1) is 23.7 Å². The number of phenolic OH excluding ortho intramolecular Hbond substituents is 1. The molecule has 0 spiro atoms. The van der Waals surface area contributed by atoms with Crippen LogP contribution >= 0.6 is 0 Å². The molecule has 40 heavy (non-hydrogen) atoms. The topological polar surface area (TPSA) is 162 Å². The van der Waals surface area contributed by atoms with Gasteiger partial charge in [0.1, 0.15) is 11.9 Å². The fraction of sp³-hybridized carbons (Fsp3) is 0.607. The van der Waals surface area contributed by atoms with Crippen LogP contribution in [-0.4, -0.2) is 108 Å². The molecule has 2 unspecified atom stereocenters. The Morgan fingerprint density at radius 1 is 1.18 bits per heavy atom. The minimum atomic E-state index is -2.75. The molecule has 11 nitrogen and oxygen atoms in total. The summed E-state index contributed by atoms with van der Waals surface area (Å²) in [6.45, 7) is 1.19. The van der Waals surface area contributed by atoms with Gasteiger partial charge in [-0.3, -0.25) is 33.8 Å². The number of carbonyl (C=O) groups excluding carboxylic acids is 5. The van der Waals surface area contributed by atoms with Crippen LogP contribution in [0.1, 0.15) is 34.3 Å². The third kappa shape index (κ3) is 3.99. The first kappa shape index (κ1) is 28.3. The predicted octanol–water partition coefficient (Wildman–Crippen LogP) is -0.523. The number of aromatic hydroxyl groups is 1. The first-order chi connectivity index (χ1) is 18.7. The molecule has 1 aromatic rings. The number of benzene rings is 1. The molecular weight excluding hydrogens is 523 g/mol. The van der Waals surface area contributed by atoms with Crippen molar-refractivity contribution in [3.63, 3.8) is 0 Å². The number of rotatable bonds is 5. The van der Waals surface area contributed by atoms with E-state index in [0.717, 1.165) is 0 Å². The predicted molar refractivity (Wildman–Crippen MR) is 140 cm³/mol. The van der Waals surface area contributed by atoms with Gasteiger partial charge in [0.05, 0.1) is 17.5 Å². The summed E-state index contributed by atoms with van der Waals surface area (Å²) in [6.07, 6.45) is -0.350. The van der Waals surface area contributed by atoms with E-state index in [0.29, 0.717) is 36.3 Å². The van der Waals surface area contributed by atoms with Crippen molar-refractivity contribution in [2.24, 2.45) is 29.4 Å². The van der Waals surface area contributed by atoms with E-state index in [4.69, 9.17) is 5.73 Å². The number of nitrogens with two attached hydrogens (primary N) is 1. The molecule has 216 valence electrons. The van der Waals surface area contributed by atoms with Crippen LogP contribution in [0.2, 0.25) is 0 Å². The van der Waals surface area contributed by atoms with Gasteiger partial charge < -0.3 is 20.8 Å². The number of halogens is 1. The van der Waals surface area contributed by atoms with E-state index in [9.17, 15) is 38.6 Å². The van der Waals surface area contributed by atoms with Gasteiger partial charge in [0.2, 0.25) is 5.91 Å². The van der Waals surface area contributed by atoms with Crippen LogP contribution in [0.15, 0.2) is 6.07 Å². The van der Waals surface area contributed by atoms with E-state index in [2.05, 4.69) is 0 Å². The van der Waals surface area contributed by atoms with Gasteiger partial charge in [-0.2, -0.15) is 0 Å². The Bertz CT molecular complexity index is 1330. The van der Waals surface area contributed by atoms with Crippen LogP contribution in [0.5, 0.6) is 5.75 Å². The fourth-order valence-corrected chi connectivity index (χ4v) is 7.58. The lowest BCUT2D eigenvalue weighted by molar-refractivity contribution is -0.181. The summed E-state index contributed by atoms with van der Waals surface area (Å²) in [6, 6.07) is 0.303. The molecule has 1 aliphatic heterocycles. The standard InChI is InChI=1S/C28H35FN4O7/c1-31(2)21-13(10-33-6-5-14(29)11-33)9-17(34)19-15(21)7-12-8-16-22(32(3)4)24(36)20(27(30)39)26(38)28(16,40)25(37)18(12)23(19)35/h9,12,14,16,18,20,22,34,40H,5-8,10-11H2,1-4H3,(H2,30,39)/t12-,14-,16-,18?,20?,22-,28-/m0/s1. The number of primary amides is 1. The summed E-state index contributed by atoms with van der Waals surface area (Å²) >= 11 is 0. The van der Waals surface area contributed by atoms with Crippen LogP contribution in [0.25, 0.3) is 0 Å². The second-order valence-corrected chi connectivity index (χ2v) is 12.1. The highest BCUT2D eigenvalue weighted by molar-refractivity contribution is 6.32. The normalized spacial score (nSPS) is 34.1. The van der Waals surface area contributed by atoms with E-state index in [1.54, 1.807) is 28.2 Å². The molecule has 0 aromatic heterocycles. The zero-order valence-electron chi connectivity index (χ0n) is 23.0. The van der Waals surface area contributed by atoms with Crippen LogP contribution in [-0.2, 0) is 32.1 Å². The second-order valence-electron chi connectivity index (χ2n) is 12.1. The Hall–Kier alpha value is -3.22. The number of hydrogen-bond donors (Lipinski definition) is 3. The molecule has 0 radical (unpaired) electrons. The summed E-state index contributed by atoms with van der Waals surface area (Å²) in [5, 5.41) is 22.7. The highest BCUT2D eigenvalue weighted by atomic mass is 19.1. The number of amides is 1. The molecule has 4 N–H and O–H groups in total. The Balaban J connectivity index is 1.61. The molecule has 1 heterocycles. The van der Waals surface area contributed by atoms with Crippen molar-refractivity contribution in [2.75, 3.05) is 46.2 Å². The van der Waals surface area contributed by atoms with Gasteiger partial charge in [-0.15, -0.1) is 0 Å². The van der Waals surface area contributed by atoms with Crippen molar-refractivity contribution in [3.8, 4) is 5.75 Å². The fourth-order valence-electron chi connectivity index (χ4n) is 7.58. The van der Waals surface area contributed by atoms with Crippen LogP contribution < -0.4 is 10.6 Å². The van der Waals surface area contributed by atoms with E-state index in [-0.39, 0.29) is 30.7 Å². The number of fused-ring (bicyclic) bond motifs is 3. The second kappa shape index (κ2) is 9.71. The van der Waals surface area contributed by atoms with E-state index in [1.807, 2.05) is 9.80 Å². The van der Waals surface area contributed by atoms with Gasteiger partial charge in [0, 0.05) is 45.3 Å². The van der Waals surface area contributed by atoms with Gasteiger partial charge >= 0.3 is 0 Å². The highest BCUT2D eigenvalue weighted by Crippen LogP contribution is 2.52. The molecule has 5 rings (SSSR count). The summed E-state index contributed by atoms with van der Waals surface area (Å²) in [4.78, 5) is 71.8. The molecule has 12 heteroatoms. The van der Waals surface area contributed by atoms with Crippen molar-refractivity contribution in [1.29, 1.82) is 0 Å². The van der Waals surface area contributed by atoms with Crippen molar-refractivity contribution in [3.05, 3.63) is 22.8 Å². The molecule has 4 aliphatic rings. The summed E-state index contributed by atoms with van der Waals surface area (Å²) in [5.74, 6) is -10.8. The quantitative estimate of drug-likeness (QED) is 0.401. The maximum atomic E-state index is 13.9. The SMILES string of the molecule is CN(C)c1c(CN2CC[C@H](F)C2)cc(O)c2c1C[C@H]1C[C@H]3[C@H](N(C)C)C(=O)C(C(N)=O)C(=O)[C@@]3(O)C(=O)C1C2=O. The molecule has 3 aliphatic carbocycles. The van der Waals surface area contributed by atoms with Crippen LogP contribution in [0.4, 0.5) is 10.1 Å². The summed E-state index contributed by atoms with van der Waals surface area (Å²) in [7, 11) is 6.68. The van der Waals surface area contributed by atoms with E-state index >= 15 is 0 Å². The first-order valence-electron chi connectivity index (χ1n) is 13.5. The monoisotopic (exact) mass is 558 g/mol. The number of phenols is 1. The molecule has 3 fully saturated rings. The van der Waals surface area contributed by atoms with Crippen molar-refractivity contribution < 1.29 is 38.6 Å². The lowest BCUT2D eigenvalue weighted by atomic mass is 9.52. The minimum absolute atomic E-state index is 0.0165. The first-order valence-corrected chi connectivity index (χ1v) is 13.5. The number of aliphatic hydroxyl groups is 1. The van der Waals surface area contributed by atoms with Crippen LogP contribution in [0.3, 0.4) is 0 Å². The third-order valence-corrected chi connectivity index (χ3v) is 9.17. The Kier molecular flexibility index (Phi) is 6.87. The zero-order chi connectivity index (χ0) is 29.4. The van der Waals surface area contributed by atoms with Gasteiger partial charge in [-0.1, -0.05) is 0 Å². The molecule has 2 saturated carbocycles. The van der Waals surface area contributed by atoms with E-state index < -0.39 is 70.5 Å². The van der Waals surface area contributed by atoms with Gasteiger partial charge in [-0.25, -0.2) is 4.39 Å². The average Bonchev–Trinajstić information content (AvgIpc) is 3.24. The lowest BCUT2D eigenvalue weighted by Gasteiger charge is -2.52. The molecule has 1 aromatic carbocycles. The van der Waals surface area contributed by atoms with Crippen molar-refractivity contribution >= 4 is 34.7 Å². The number of carbonyl (C=O) groups is 5. The van der Waals surface area contributed by atoms with Gasteiger partial charge in [-0.05, 0) is 56.5 Å². The number of nitrogens with zero attached hydrogens (tertiary/aromatic N) is 3. The highest BCUT2D eigenvalue weighted by Gasteiger charge is 2.69. The molecule has 0 bridgehead atoms. The number of ketones is 4. The number of anilines is 1. The number of likely N-dealkylation sites (tertiary alicyclic amines) is 1. The largest absolute Gasteiger partial charge is 0.507 e. The molecule has 1 saturated heterocycles. The number of hydrogen-bond acceptors (Lipinski definition) is 10. The minimum Gasteiger partial charge on any atom is -0.507 e. The van der Waals surface area contributed by atoms with E-state index in [1.165, 1.54) is 11.0 Å². The third-order valence-electron chi connectivity index (χ3n) is 9.17. The molecule has 1 amide bonds. The maximum absolute atomic E-state index is 13.9. The smallest absolute Gasteiger partial charge is 0.235 e. The number of Topliss-reactive ketones (excluding diaryl/α,β-unsaturated/α-hetero) is 4. The lowest BCUT2D eigenvalue weighted by Crippen LogP contribution is -2.74. The van der Waals surface area contributed by atoms with Gasteiger partial charge in [0.15, 0.2) is 34.7 Å². The molecular formula is C28H35FN4O7. The Morgan fingerprint density at radius 3 is 2.40 bits per heavy atom. The number of alkyl halides is 1. The summed E-state index contributed by atoms with van der Waals surface area (Å²) < 4.78 is 13.9. The maximum Gasteiger partial charge on any atom is 0.235 e. The number of likely N-dealkylation sites (N-methyl/N-ethyl adjacent to an activating group) is 1.